The maximum Gasteiger partial charge on any atom is 0.326 e. The van der Waals surface area contributed by atoms with E-state index in [0.29, 0.717) is 0 Å². The minimum atomic E-state index is -1.18. The molecule has 1 aliphatic carbocycles. The summed E-state index contributed by atoms with van der Waals surface area (Å²) < 4.78 is 4.53. The molecular weight excluding hydrogens is 334 g/mol. The average molecular weight is 353 g/mol. The molecule has 2 aromatic carbocycles. The van der Waals surface area contributed by atoms with Crippen LogP contribution in [-0.2, 0) is 19.1 Å². The van der Waals surface area contributed by atoms with Gasteiger partial charge in [0.15, 0.2) is 0 Å². The Morgan fingerprint density at radius 3 is 2.08 bits per heavy atom. The van der Waals surface area contributed by atoms with Gasteiger partial charge < -0.3 is 15.2 Å². The van der Waals surface area contributed by atoms with E-state index in [2.05, 4.69) is 10.1 Å². The number of carboxylic acids is 1. The van der Waals surface area contributed by atoms with Gasteiger partial charge in [-0.2, -0.15) is 0 Å². The molecule has 0 spiro atoms. The first-order valence-corrected chi connectivity index (χ1v) is 8.31. The Kier molecular flexibility index (Phi) is 5.02. The summed E-state index contributed by atoms with van der Waals surface area (Å²) in [5.74, 6) is -2.65. The number of carbonyl (C=O) groups is 3. The third-order valence-electron chi connectivity index (χ3n) is 4.58. The van der Waals surface area contributed by atoms with Gasteiger partial charge in [-0.15, -0.1) is 0 Å². The monoisotopic (exact) mass is 353 g/mol. The molecule has 0 saturated heterocycles. The van der Waals surface area contributed by atoms with Crippen molar-refractivity contribution in [3.8, 4) is 11.1 Å². The third kappa shape index (κ3) is 3.31. The molecule has 6 nitrogen and oxygen atoms in total. The molecule has 0 saturated carbocycles. The molecule has 0 unspecified atom stereocenters. The molecule has 0 fully saturated rings. The van der Waals surface area contributed by atoms with Gasteiger partial charge in [0.05, 0.1) is 13.0 Å². The van der Waals surface area contributed by atoms with Crippen LogP contribution in [0.5, 0.6) is 0 Å². The summed E-state index contributed by atoms with van der Waals surface area (Å²) in [7, 11) is 1.24. The SMILES string of the molecule is COC(=O)CC[C@@H](NC(=O)C1c2ccccc2-c2ccccc21)C(=O)O. The normalized spacial score (nSPS) is 13.4. The number of benzene rings is 2. The van der Waals surface area contributed by atoms with Crippen LogP contribution in [0.2, 0.25) is 0 Å². The first-order valence-electron chi connectivity index (χ1n) is 8.31. The second-order valence-corrected chi connectivity index (χ2v) is 6.12. The summed E-state index contributed by atoms with van der Waals surface area (Å²) in [4.78, 5) is 35.7. The van der Waals surface area contributed by atoms with Gasteiger partial charge in [-0.3, -0.25) is 9.59 Å². The standard InChI is InChI=1S/C20H19NO5/c1-26-17(22)11-10-16(20(24)25)21-19(23)18-14-8-4-2-6-12(14)13-7-3-5-9-15(13)18/h2-9,16,18H,10-11H2,1H3,(H,21,23)(H,24,25)/t16-/m1/s1. The van der Waals surface area contributed by atoms with Crippen LogP contribution < -0.4 is 5.32 Å². The van der Waals surface area contributed by atoms with Gasteiger partial charge in [0.25, 0.3) is 0 Å². The van der Waals surface area contributed by atoms with Crippen molar-refractivity contribution in [3.05, 3.63) is 59.7 Å². The summed E-state index contributed by atoms with van der Waals surface area (Å²) >= 11 is 0. The number of fused-ring (bicyclic) bond motifs is 3. The highest BCUT2D eigenvalue weighted by Gasteiger charge is 2.35. The van der Waals surface area contributed by atoms with Gasteiger partial charge in [-0.1, -0.05) is 48.5 Å². The molecule has 0 bridgehead atoms. The second kappa shape index (κ2) is 7.39. The number of hydrogen-bond donors (Lipinski definition) is 2. The van der Waals surface area contributed by atoms with Crippen molar-refractivity contribution in [2.75, 3.05) is 7.11 Å². The number of rotatable bonds is 6. The molecule has 6 heteroatoms. The smallest absolute Gasteiger partial charge is 0.326 e. The van der Waals surface area contributed by atoms with Crippen LogP contribution in [0.3, 0.4) is 0 Å². The third-order valence-corrected chi connectivity index (χ3v) is 4.58. The summed E-state index contributed by atoms with van der Waals surface area (Å²) in [6.45, 7) is 0. The van der Waals surface area contributed by atoms with Crippen LogP contribution >= 0.6 is 0 Å². The highest BCUT2D eigenvalue weighted by molar-refractivity contribution is 5.97. The quantitative estimate of drug-likeness (QED) is 0.778. The number of esters is 1. The Labute approximate surface area is 150 Å². The Morgan fingerprint density at radius 2 is 1.58 bits per heavy atom. The second-order valence-electron chi connectivity index (χ2n) is 6.12. The van der Waals surface area contributed by atoms with Crippen LogP contribution in [0.4, 0.5) is 0 Å². The lowest BCUT2D eigenvalue weighted by atomic mass is 9.95. The van der Waals surface area contributed by atoms with E-state index < -0.39 is 23.9 Å². The van der Waals surface area contributed by atoms with E-state index in [1.54, 1.807) is 0 Å². The Balaban J connectivity index is 1.85. The van der Waals surface area contributed by atoms with Gasteiger partial charge in [-0.05, 0) is 28.7 Å². The minimum Gasteiger partial charge on any atom is -0.480 e. The molecule has 26 heavy (non-hydrogen) atoms. The average Bonchev–Trinajstić information content (AvgIpc) is 2.99. The van der Waals surface area contributed by atoms with Gasteiger partial charge in [0, 0.05) is 6.42 Å². The summed E-state index contributed by atoms with van der Waals surface area (Å²) in [6.07, 6.45) is -0.102. The number of aliphatic carboxylic acids is 1. The highest BCUT2D eigenvalue weighted by Crippen LogP contribution is 2.44. The zero-order chi connectivity index (χ0) is 18.7. The van der Waals surface area contributed by atoms with Crippen LogP contribution in [-0.4, -0.2) is 36.1 Å². The summed E-state index contributed by atoms with van der Waals surface area (Å²) in [5.41, 5.74) is 3.65. The van der Waals surface area contributed by atoms with Crippen molar-refractivity contribution in [1.29, 1.82) is 0 Å². The fourth-order valence-corrected chi connectivity index (χ4v) is 3.31. The molecule has 1 atom stereocenters. The lowest BCUT2D eigenvalue weighted by Gasteiger charge is -2.18. The van der Waals surface area contributed by atoms with E-state index in [1.807, 2.05) is 48.5 Å². The predicted octanol–water partition coefficient (Wildman–Crippen LogP) is 2.32. The van der Waals surface area contributed by atoms with Crippen LogP contribution in [0.25, 0.3) is 11.1 Å². The van der Waals surface area contributed by atoms with Crippen LogP contribution in [0.15, 0.2) is 48.5 Å². The molecule has 1 amide bonds. The maximum atomic E-state index is 12.9. The topological polar surface area (TPSA) is 92.7 Å². The molecule has 134 valence electrons. The van der Waals surface area contributed by atoms with E-state index in [1.165, 1.54) is 7.11 Å². The Hall–Kier alpha value is -3.15. The van der Waals surface area contributed by atoms with Crippen LogP contribution in [0.1, 0.15) is 29.9 Å². The molecule has 3 rings (SSSR count). The zero-order valence-corrected chi connectivity index (χ0v) is 14.3. The fourth-order valence-electron chi connectivity index (χ4n) is 3.31. The van der Waals surface area contributed by atoms with Gasteiger partial charge in [0.2, 0.25) is 5.91 Å². The van der Waals surface area contributed by atoms with E-state index in [-0.39, 0.29) is 18.7 Å². The molecule has 2 aromatic rings. The number of ether oxygens (including phenoxy) is 1. The fraction of sp³-hybridized carbons (Fsp3) is 0.250. The number of hydrogen-bond acceptors (Lipinski definition) is 4. The van der Waals surface area contributed by atoms with E-state index >= 15 is 0 Å². The van der Waals surface area contributed by atoms with E-state index in [9.17, 15) is 19.5 Å². The summed E-state index contributed by atoms with van der Waals surface area (Å²) in [5, 5.41) is 11.9. The maximum absolute atomic E-state index is 12.9. The van der Waals surface area contributed by atoms with Gasteiger partial charge in [-0.25, -0.2) is 4.79 Å². The predicted molar refractivity (Wildman–Crippen MR) is 94.5 cm³/mol. The molecular formula is C20H19NO5. The van der Waals surface area contributed by atoms with Gasteiger partial charge in [0.1, 0.15) is 6.04 Å². The molecule has 0 radical (unpaired) electrons. The Bertz CT molecular complexity index is 815. The van der Waals surface area contributed by atoms with E-state index in [4.69, 9.17) is 0 Å². The van der Waals surface area contributed by atoms with Crippen molar-refractivity contribution in [3.63, 3.8) is 0 Å². The molecule has 0 heterocycles. The van der Waals surface area contributed by atoms with Crippen LogP contribution in [0, 0.1) is 0 Å². The number of nitrogens with one attached hydrogen (secondary N) is 1. The zero-order valence-electron chi connectivity index (χ0n) is 14.3. The lowest BCUT2D eigenvalue weighted by molar-refractivity contribution is -0.144. The number of carbonyl (C=O) groups excluding carboxylic acids is 2. The van der Waals surface area contributed by atoms with Crippen molar-refractivity contribution < 1.29 is 24.2 Å². The number of amides is 1. The lowest BCUT2D eigenvalue weighted by Crippen LogP contribution is -2.43. The first-order chi connectivity index (χ1) is 12.5. The Morgan fingerprint density at radius 1 is 1.04 bits per heavy atom. The number of methoxy groups -OCH3 is 1. The summed E-state index contributed by atoms with van der Waals surface area (Å²) in [6, 6.07) is 14.0. The van der Waals surface area contributed by atoms with Crippen molar-refractivity contribution in [2.45, 2.75) is 24.8 Å². The van der Waals surface area contributed by atoms with Crippen molar-refractivity contribution in [1.82, 2.24) is 5.32 Å². The number of carboxylic acid groups (broad SMARTS) is 1. The highest BCUT2D eigenvalue weighted by atomic mass is 16.5. The van der Waals surface area contributed by atoms with Gasteiger partial charge >= 0.3 is 11.9 Å². The molecule has 1 aliphatic rings. The van der Waals surface area contributed by atoms with Crippen molar-refractivity contribution >= 4 is 17.8 Å². The molecule has 2 N–H and O–H groups in total. The molecule has 0 aromatic heterocycles. The largest absolute Gasteiger partial charge is 0.480 e. The van der Waals surface area contributed by atoms with E-state index in [0.717, 1.165) is 22.3 Å². The minimum absolute atomic E-state index is 0.0240. The van der Waals surface area contributed by atoms with Crippen molar-refractivity contribution in [2.24, 2.45) is 0 Å². The first kappa shape index (κ1) is 17.7. The molecule has 0 aliphatic heterocycles.